The lowest BCUT2D eigenvalue weighted by Crippen LogP contribution is -2.57. The van der Waals surface area contributed by atoms with Crippen LogP contribution in [0.5, 0.6) is 5.75 Å². The fourth-order valence-corrected chi connectivity index (χ4v) is 11.5. The van der Waals surface area contributed by atoms with E-state index in [1.165, 1.54) is 12.3 Å². The number of piperidine rings is 1. The highest BCUT2D eigenvalue weighted by Gasteiger charge is 2.46. The molecule has 3 aliphatic rings. The van der Waals surface area contributed by atoms with Crippen LogP contribution in [0.3, 0.4) is 0 Å². The average Bonchev–Trinajstić information content (AvgIpc) is 0.920. The smallest absolute Gasteiger partial charge is 0.317 e. The molecule has 94 heavy (non-hydrogen) atoms. The molecule has 0 bridgehead atoms. The Labute approximate surface area is 559 Å². The van der Waals surface area contributed by atoms with Crippen molar-refractivity contribution in [2.24, 2.45) is 5.92 Å². The number of alkyl halides is 2. The summed E-state index contributed by atoms with van der Waals surface area (Å²) < 4.78 is 56.1. The van der Waals surface area contributed by atoms with Crippen LogP contribution < -0.4 is 26.0 Å². The first kappa shape index (κ1) is 75.3. The van der Waals surface area contributed by atoms with Gasteiger partial charge in [0.2, 0.25) is 29.5 Å². The molecule has 514 valence electrons. The number of hydrogen-bond donors (Lipinski definition) is 5. The zero-order chi connectivity index (χ0) is 67.8. The number of ether oxygens (including phenoxy) is 5. The molecule has 0 aliphatic carbocycles. The Morgan fingerprint density at radius 1 is 0.787 bits per heavy atom. The van der Waals surface area contributed by atoms with E-state index in [9.17, 15) is 61.8 Å². The molecule has 0 radical (unpaired) electrons. The third kappa shape index (κ3) is 26.2. The van der Waals surface area contributed by atoms with Gasteiger partial charge in [0.25, 0.3) is 24.8 Å². The van der Waals surface area contributed by atoms with Gasteiger partial charge in [0.05, 0.1) is 70.0 Å². The minimum absolute atomic E-state index is 0.0458. The van der Waals surface area contributed by atoms with Gasteiger partial charge in [-0.3, -0.25) is 72.5 Å². The molecule has 4 heterocycles. The van der Waals surface area contributed by atoms with Gasteiger partial charge in [-0.1, -0.05) is 24.5 Å². The van der Waals surface area contributed by atoms with Crippen LogP contribution in [0.2, 0.25) is 0 Å². The number of aryl methyl sites for hydroxylation is 1. The number of halogens is 3. The Morgan fingerprint density at radius 3 is 2.09 bits per heavy atom. The normalized spacial score (nSPS) is 17.6. The zero-order valence-corrected chi connectivity index (χ0v) is 55.2. The van der Waals surface area contributed by atoms with Crippen molar-refractivity contribution in [3.05, 3.63) is 69.4 Å². The van der Waals surface area contributed by atoms with Crippen LogP contribution >= 0.6 is 22.6 Å². The standard InChI is InChI=1S/C64H86F2IN11O16/c1-3-49-37-64(65,66)41-78(49)58(83)38-70-61(87)51-16-20-68-53-15-14-50(35-52(51)53)94-32-5-4-7-47-17-22-77(23-18-47)63(89)55(36-60(86)90-2)72-62(88)54(19-33-91-34-21-69-56(81)9-6-8-46-10-12-48(67)13-11-46)71-57(82)39-73-24-25-74(40-59(84)85)27-29-76(43-93-45-80)31-30-75(28-26-73)42-92-44-79/h1,10-16,20,35,44-45,47,49,54-55H,4-9,17-19,21-34,36-43H2,2H3,(H,69,81)(H,70,87)(H,71,82)(H,72,88)(H,84,85)/t49-,54-,55-/m0/s1. The van der Waals surface area contributed by atoms with E-state index in [1.54, 1.807) is 32.9 Å². The van der Waals surface area contributed by atoms with Crippen LogP contribution in [0.4, 0.5) is 8.78 Å². The number of methoxy groups -OCH3 is 1. The van der Waals surface area contributed by atoms with Crippen LogP contribution in [0, 0.1) is 21.8 Å². The maximum absolute atomic E-state index is 14.4. The van der Waals surface area contributed by atoms with Gasteiger partial charge in [0, 0.05) is 107 Å². The van der Waals surface area contributed by atoms with Crippen molar-refractivity contribution in [3.63, 3.8) is 0 Å². The molecule has 6 rings (SSSR count). The number of pyridine rings is 1. The van der Waals surface area contributed by atoms with E-state index in [0.29, 0.717) is 101 Å². The number of amides is 6. The summed E-state index contributed by atoms with van der Waals surface area (Å²) in [5.74, 6) is -5.37. The summed E-state index contributed by atoms with van der Waals surface area (Å²) in [6.07, 6.45) is 10.9. The number of aromatic nitrogens is 1. The van der Waals surface area contributed by atoms with Crippen molar-refractivity contribution in [1.82, 2.24) is 55.7 Å². The lowest BCUT2D eigenvalue weighted by Gasteiger charge is -2.35. The summed E-state index contributed by atoms with van der Waals surface area (Å²) >= 11 is 2.23. The predicted octanol–water partition coefficient (Wildman–Crippen LogP) is 1.87. The number of fused-ring (bicyclic) bond motifs is 1. The summed E-state index contributed by atoms with van der Waals surface area (Å²) in [6.45, 7) is 2.01. The molecular formula is C64H86F2IN11O16. The van der Waals surface area contributed by atoms with Gasteiger partial charge in [-0.05, 0) is 115 Å². The molecule has 5 N–H and O–H groups in total. The molecule has 0 saturated carbocycles. The van der Waals surface area contributed by atoms with Crippen LogP contribution in [-0.4, -0.2) is 262 Å². The Kier molecular flexibility index (Phi) is 32.0. The van der Waals surface area contributed by atoms with Crippen LogP contribution in [0.1, 0.15) is 80.1 Å². The molecule has 30 heteroatoms. The highest BCUT2D eigenvalue weighted by Crippen LogP contribution is 2.32. The number of hydrogen-bond acceptors (Lipinski definition) is 20. The summed E-state index contributed by atoms with van der Waals surface area (Å²) in [4.78, 5) is 143. The highest BCUT2D eigenvalue weighted by atomic mass is 127. The van der Waals surface area contributed by atoms with E-state index in [4.69, 9.17) is 30.1 Å². The second-order valence-electron chi connectivity index (χ2n) is 23.3. The number of carbonyl (C=O) groups is 10. The fraction of sp³-hybridized carbons (Fsp3) is 0.578. The molecule has 6 amide bonds. The quantitative estimate of drug-likeness (QED) is 0.0140. The highest BCUT2D eigenvalue weighted by molar-refractivity contribution is 14.1. The SMILES string of the molecule is C#C[C@H]1CC(F)(F)CN1C(=O)CNC(=O)c1ccnc2ccc(OCCCCC3CCN(C(=O)[C@H](CC(=O)OC)NC(=O)[C@H](CCOCCNC(=O)CCCc4ccc(I)cc4)NC(=O)CN4CCN(COC=O)CCN(COC=O)CCN(CC(=O)O)CC4)CC3)cc12. The number of benzene rings is 2. The van der Waals surface area contributed by atoms with Gasteiger partial charge >= 0.3 is 11.9 Å². The van der Waals surface area contributed by atoms with E-state index in [2.05, 4.69) is 54.8 Å². The number of likely N-dealkylation sites (tertiary alicyclic amines) is 2. The minimum atomic E-state index is -3.12. The topological polar surface area (TPSA) is 318 Å². The summed E-state index contributed by atoms with van der Waals surface area (Å²) in [5.41, 5.74) is 1.83. The second-order valence-corrected chi connectivity index (χ2v) is 24.5. The average molecular weight is 1430 g/mol. The Balaban J connectivity index is 1.03. The van der Waals surface area contributed by atoms with E-state index in [0.717, 1.165) is 40.4 Å². The molecule has 0 unspecified atom stereocenters. The van der Waals surface area contributed by atoms with E-state index in [1.807, 2.05) is 34.1 Å². The van der Waals surface area contributed by atoms with E-state index >= 15 is 0 Å². The maximum Gasteiger partial charge on any atom is 0.317 e. The number of carboxylic acid groups (broad SMARTS) is 1. The van der Waals surface area contributed by atoms with Gasteiger partial charge in [-0.25, -0.2) is 8.78 Å². The molecule has 3 fully saturated rings. The summed E-state index contributed by atoms with van der Waals surface area (Å²) in [7, 11) is 1.16. The van der Waals surface area contributed by atoms with Crippen molar-refractivity contribution < 1.29 is 85.5 Å². The number of unbranched alkanes of at least 4 members (excludes halogenated alkanes) is 1. The zero-order valence-electron chi connectivity index (χ0n) is 53.0. The molecule has 3 aliphatic heterocycles. The van der Waals surface area contributed by atoms with Gasteiger partial charge in [-0.15, -0.1) is 6.42 Å². The summed E-state index contributed by atoms with van der Waals surface area (Å²) in [6, 6.07) is 10.9. The fourth-order valence-electron chi connectivity index (χ4n) is 11.2. The van der Waals surface area contributed by atoms with Crippen molar-refractivity contribution in [3.8, 4) is 18.1 Å². The number of terminal acetylenes is 1. The first-order valence-corrected chi connectivity index (χ1v) is 32.5. The third-order valence-corrected chi connectivity index (χ3v) is 17.1. The van der Waals surface area contributed by atoms with E-state index in [-0.39, 0.29) is 103 Å². The van der Waals surface area contributed by atoms with Crippen molar-refractivity contribution in [2.45, 2.75) is 94.7 Å². The van der Waals surface area contributed by atoms with Crippen molar-refractivity contribution >= 4 is 93.8 Å². The molecule has 3 saturated heterocycles. The van der Waals surface area contributed by atoms with Crippen molar-refractivity contribution in [2.75, 3.05) is 139 Å². The number of nitrogens with one attached hydrogen (secondary N) is 4. The summed E-state index contributed by atoms with van der Waals surface area (Å²) in [5, 5.41) is 21.1. The molecule has 1 aromatic heterocycles. The monoisotopic (exact) mass is 1430 g/mol. The molecule has 0 spiro atoms. The molecule has 27 nitrogen and oxygen atoms in total. The molecule has 3 atom stereocenters. The molecule has 3 aromatic rings. The first-order valence-electron chi connectivity index (χ1n) is 31.5. The Morgan fingerprint density at radius 2 is 1.45 bits per heavy atom. The largest absolute Gasteiger partial charge is 0.494 e. The van der Waals surface area contributed by atoms with E-state index < -0.39 is 91.5 Å². The molecular weight excluding hydrogens is 1340 g/mol. The minimum Gasteiger partial charge on any atom is -0.494 e. The predicted molar refractivity (Wildman–Crippen MR) is 345 cm³/mol. The second kappa shape index (κ2) is 39.9. The van der Waals surface area contributed by atoms with Crippen LogP contribution in [0.15, 0.2) is 54.7 Å². The Hall–Kier alpha value is -7.70. The lowest BCUT2D eigenvalue weighted by atomic mass is 9.91. The van der Waals surface area contributed by atoms with Crippen LogP contribution in [0.25, 0.3) is 10.9 Å². The van der Waals surface area contributed by atoms with Gasteiger partial charge < -0.3 is 59.9 Å². The third-order valence-electron chi connectivity index (χ3n) is 16.4. The van der Waals surface area contributed by atoms with Gasteiger partial charge in [0.15, 0.2) is 0 Å². The first-order chi connectivity index (χ1) is 45.3. The Bertz CT molecular complexity index is 3050. The molecule has 2 aromatic carbocycles. The number of carbonyl (C=O) groups excluding carboxylic acids is 9. The maximum atomic E-state index is 14.4. The van der Waals surface area contributed by atoms with Crippen LogP contribution in [-0.2, 0) is 68.5 Å². The lowest BCUT2D eigenvalue weighted by molar-refractivity contribution is -0.147. The van der Waals surface area contributed by atoms with Crippen molar-refractivity contribution in [1.29, 1.82) is 0 Å². The number of esters is 1. The van der Waals surface area contributed by atoms with Gasteiger partial charge in [-0.2, -0.15) is 0 Å². The number of rotatable bonds is 35. The number of nitrogens with zero attached hydrogens (tertiary/aromatic N) is 7. The van der Waals surface area contributed by atoms with Gasteiger partial charge in [0.1, 0.15) is 31.3 Å². The number of aliphatic carboxylic acids is 1. The number of carboxylic acids is 1.